The number of carbonyl (C=O) groups is 1. The molecule has 2 aliphatic heterocycles. The van der Waals surface area contributed by atoms with Crippen LogP contribution in [0.25, 0.3) is 16.6 Å². The van der Waals surface area contributed by atoms with Gasteiger partial charge in [-0.05, 0) is 59.2 Å². The van der Waals surface area contributed by atoms with Gasteiger partial charge in [-0.1, -0.05) is 0 Å². The number of amides is 1. The van der Waals surface area contributed by atoms with Gasteiger partial charge in [0.1, 0.15) is 29.8 Å². The Labute approximate surface area is 216 Å². The summed E-state index contributed by atoms with van der Waals surface area (Å²) in [4.78, 5) is 21.3. The van der Waals surface area contributed by atoms with Crippen molar-refractivity contribution in [3.63, 3.8) is 0 Å². The number of hydrogen-bond acceptors (Lipinski definition) is 8. The first-order valence-corrected chi connectivity index (χ1v) is 12.4. The molecule has 1 amide bonds. The third kappa shape index (κ3) is 5.04. The number of aromatic nitrogens is 3. The van der Waals surface area contributed by atoms with Crippen LogP contribution in [0.5, 0.6) is 5.75 Å². The minimum absolute atomic E-state index is 0.111. The topological polar surface area (TPSA) is 116 Å². The van der Waals surface area contributed by atoms with Crippen LogP contribution in [-0.4, -0.2) is 73.7 Å². The predicted octanol–water partition coefficient (Wildman–Crippen LogP) is 3.62. The van der Waals surface area contributed by atoms with Crippen molar-refractivity contribution in [2.75, 3.05) is 24.6 Å². The van der Waals surface area contributed by atoms with E-state index in [9.17, 15) is 15.2 Å². The maximum Gasteiger partial charge on any atom is 0.410 e. The fourth-order valence-corrected chi connectivity index (χ4v) is 4.90. The highest BCUT2D eigenvalue weighted by Gasteiger charge is 2.47. The van der Waals surface area contributed by atoms with Crippen LogP contribution in [0.3, 0.4) is 0 Å². The Hall–Kier alpha value is -3.84. The van der Waals surface area contributed by atoms with Crippen LogP contribution in [0.15, 0.2) is 36.8 Å². The van der Waals surface area contributed by atoms with E-state index in [-0.39, 0.29) is 24.8 Å². The molecule has 2 bridgehead atoms. The molecule has 5 rings (SSSR count). The molecule has 10 nitrogen and oxygen atoms in total. The Balaban J connectivity index is 1.38. The van der Waals surface area contributed by atoms with Crippen LogP contribution < -0.4 is 9.64 Å². The summed E-state index contributed by atoms with van der Waals surface area (Å²) in [6.07, 6.45) is 5.77. The zero-order chi connectivity index (χ0) is 26.5. The van der Waals surface area contributed by atoms with Gasteiger partial charge in [0, 0.05) is 30.4 Å². The van der Waals surface area contributed by atoms with Gasteiger partial charge in [0.2, 0.25) is 0 Å². The predicted molar refractivity (Wildman–Crippen MR) is 137 cm³/mol. The number of piperazine rings is 1. The zero-order valence-corrected chi connectivity index (χ0v) is 21.8. The molecular weight excluding hydrogens is 472 g/mol. The maximum absolute atomic E-state index is 12.5. The highest BCUT2D eigenvalue weighted by atomic mass is 16.6. The molecule has 2 fully saturated rings. The quantitative estimate of drug-likeness (QED) is 0.560. The summed E-state index contributed by atoms with van der Waals surface area (Å²) in [5.41, 5.74) is 1.20. The lowest BCUT2D eigenvalue weighted by Crippen LogP contribution is -2.70. The number of anilines is 1. The van der Waals surface area contributed by atoms with Crippen molar-refractivity contribution in [2.24, 2.45) is 0 Å². The fourth-order valence-electron chi connectivity index (χ4n) is 4.90. The van der Waals surface area contributed by atoms with E-state index in [1.165, 1.54) is 6.20 Å². The van der Waals surface area contributed by atoms with E-state index < -0.39 is 11.2 Å². The minimum atomic E-state index is -0.991. The van der Waals surface area contributed by atoms with Gasteiger partial charge in [-0.15, -0.1) is 0 Å². The Morgan fingerprint density at radius 1 is 1.19 bits per heavy atom. The van der Waals surface area contributed by atoms with Gasteiger partial charge >= 0.3 is 6.09 Å². The summed E-state index contributed by atoms with van der Waals surface area (Å²) in [6.45, 7) is 10.3. The maximum atomic E-state index is 12.5. The van der Waals surface area contributed by atoms with Gasteiger partial charge in [0.25, 0.3) is 0 Å². The highest BCUT2D eigenvalue weighted by Crippen LogP contribution is 2.38. The first-order valence-electron chi connectivity index (χ1n) is 12.4. The van der Waals surface area contributed by atoms with Gasteiger partial charge < -0.3 is 24.4 Å². The second-order valence-corrected chi connectivity index (χ2v) is 11.4. The number of rotatable bonds is 5. The molecule has 0 aromatic carbocycles. The second-order valence-electron chi connectivity index (χ2n) is 11.4. The van der Waals surface area contributed by atoms with Gasteiger partial charge in [-0.2, -0.15) is 10.4 Å². The van der Waals surface area contributed by atoms with E-state index in [2.05, 4.69) is 16.1 Å². The largest absolute Gasteiger partial charge is 0.489 e. The van der Waals surface area contributed by atoms with Crippen molar-refractivity contribution < 1.29 is 19.4 Å². The number of aliphatic hydroxyl groups is 1. The van der Waals surface area contributed by atoms with E-state index in [0.717, 1.165) is 23.4 Å². The third-order valence-corrected chi connectivity index (χ3v) is 6.47. The van der Waals surface area contributed by atoms with Crippen molar-refractivity contribution in [2.45, 2.75) is 64.3 Å². The Bertz CT molecular complexity index is 1350. The molecule has 3 aromatic rings. The number of piperidine rings is 1. The average Bonchev–Trinajstić information content (AvgIpc) is 3.24. The van der Waals surface area contributed by atoms with Crippen LogP contribution >= 0.6 is 0 Å². The SMILES string of the molecule is CC(C)(O)COc1cc(-c2ccc(N3C4CC3CN(C(=O)OC(C)(C)C)C4)nc2)c2c(C#N)cnn2c1. The molecule has 0 radical (unpaired) electrons. The summed E-state index contributed by atoms with van der Waals surface area (Å²) in [5.74, 6) is 1.38. The molecule has 2 atom stereocenters. The molecule has 194 valence electrons. The van der Waals surface area contributed by atoms with E-state index in [1.807, 2.05) is 39.0 Å². The monoisotopic (exact) mass is 504 g/mol. The van der Waals surface area contributed by atoms with E-state index in [1.54, 1.807) is 35.7 Å². The molecule has 2 aliphatic rings. The number of fused-ring (bicyclic) bond motifs is 3. The van der Waals surface area contributed by atoms with Crippen molar-refractivity contribution in [3.05, 3.63) is 42.4 Å². The lowest BCUT2D eigenvalue weighted by molar-refractivity contribution is 0.00841. The van der Waals surface area contributed by atoms with Crippen molar-refractivity contribution in [3.8, 4) is 22.9 Å². The van der Waals surface area contributed by atoms with Crippen LogP contribution in [0, 0.1) is 11.3 Å². The summed E-state index contributed by atoms with van der Waals surface area (Å²) in [6, 6.07) is 8.40. The number of nitrogens with zero attached hydrogens (tertiary/aromatic N) is 6. The van der Waals surface area contributed by atoms with Gasteiger partial charge in [-0.3, -0.25) is 0 Å². The molecule has 0 saturated carbocycles. The molecule has 37 heavy (non-hydrogen) atoms. The first kappa shape index (κ1) is 24.8. The van der Waals surface area contributed by atoms with Crippen molar-refractivity contribution in [1.82, 2.24) is 19.5 Å². The second kappa shape index (κ2) is 8.92. The molecule has 5 heterocycles. The van der Waals surface area contributed by atoms with Crippen molar-refractivity contribution in [1.29, 1.82) is 5.26 Å². The Morgan fingerprint density at radius 3 is 2.51 bits per heavy atom. The zero-order valence-electron chi connectivity index (χ0n) is 21.8. The van der Waals surface area contributed by atoms with E-state index in [0.29, 0.717) is 29.9 Å². The number of ether oxygens (including phenoxy) is 2. The minimum Gasteiger partial charge on any atom is -0.489 e. The molecule has 10 heteroatoms. The standard InChI is InChI=1S/C27H32N6O4/c1-26(2,3)37-25(34)31-13-19-8-20(14-31)33(19)23-7-6-17(11-29-23)22-9-21(36-16-27(4,5)35)15-32-24(22)18(10-28)12-30-32/h6-7,9,11-12,15,19-20,35H,8,13-14,16H2,1-5H3. The molecule has 0 aliphatic carbocycles. The lowest BCUT2D eigenvalue weighted by Gasteiger charge is -2.56. The number of carbonyl (C=O) groups excluding carboxylic acids is 1. The number of likely N-dealkylation sites (tertiary alicyclic amines) is 1. The van der Waals surface area contributed by atoms with Crippen LogP contribution in [0.2, 0.25) is 0 Å². The van der Waals surface area contributed by atoms with Crippen molar-refractivity contribution >= 4 is 17.4 Å². The number of nitriles is 1. The molecule has 1 N–H and O–H groups in total. The number of hydrogen-bond donors (Lipinski definition) is 1. The van der Waals surface area contributed by atoms with E-state index >= 15 is 0 Å². The smallest absolute Gasteiger partial charge is 0.410 e. The van der Waals surface area contributed by atoms with Gasteiger partial charge in [0.05, 0.1) is 41.2 Å². The average molecular weight is 505 g/mol. The Kier molecular flexibility index (Phi) is 5.99. The Morgan fingerprint density at radius 2 is 1.92 bits per heavy atom. The molecule has 2 saturated heterocycles. The summed E-state index contributed by atoms with van der Waals surface area (Å²) >= 11 is 0. The van der Waals surface area contributed by atoms with Gasteiger partial charge in [-0.25, -0.2) is 14.3 Å². The third-order valence-electron chi connectivity index (χ3n) is 6.47. The summed E-state index contributed by atoms with van der Waals surface area (Å²) < 4.78 is 13.0. The lowest BCUT2D eigenvalue weighted by atomic mass is 9.87. The van der Waals surface area contributed by atoms with E-state index in [4.69, 9.17) is 14.5 Å². The molecule has 2 unspecified atom stereocenters. The van der Waals surface area contributed by atoms with Gasteiger partial charge in [0.15, 0.2) is 0 Å². The fraction of sp³-hybridized carbons (Fsp3) is 0.481. The van der Waals surface area contributed by atoms with Crippen LogP contribution in [0.4, 0.5) is 10.6 Å². The molecule has 0 spiro atoms. The van der Waals surface area contributed by atoms with Crippen LogP contribution in [-0.2, 0) is 4.74 Å². The van der Waals surface area contributed by atoms with Crippen LogP contribution in [0.1, 0.15) is 46.6 Å². The summed E-state index contributed by atoms with van der Waals surface area (Å²) in [5, 5.41) is 24.0. The summed E-state index contributed by atoms with van der Waals surface area (Å²) in [7, 11) is 0. The highest BCUT2D eigenvalue weighted by molar-refractivity contribution is 5.85. The normalized spacial score (nSPS) is 19.4. The molecular formula is C27H32N6O4. The first-order chi connectivity index (χ1) is 17.4. The molecule has 3 aromatic heterocycles. The number of pyridine rings is 2.